The van der Waals surface area contributed by atoms with Crippen LogP contribution < -0.4 is 26.6 Å². The fraction of sp³-hybridized carbons (Fsp3) is 0.682. The first-order valence-electron chi connectivity index (χ1n) is 41.6. The van der Waals surface area contributed by atoms with Crippen molar-refractivity contribution >= 4 is 104 Å². The fourth-order valence-electron chi connectivity index (χ4n) is 13.9. The molecule has 2 fully saturated rings. The molecule has 1 saturated heterocycles. The van der Waals surface area contributed by atoms with E-state index in [2.05, 4.69) is 73.4 Å². The van der Waals surface area contributed by atoms with Crippen LogP contribution in [-0.2, 0) is 94.0 Å². The second-order valence-electron chi connectivity index (χ2n) is 36.0. The predicted molar refractivity (Wildman–Crippen MR) is 454 cm³/mol. The molecule has 0 radical (unpaired) electrons. The van der Waals surface area contributed by atoms with Gasteiger partial charge < -0.3 is 55.0 Å². The second kappa shape index (κ2) is 48.4. The lowest BCUT2D eigenvalue weighted by Crippen LogP contribution is -2.52. The number of methoxy groups -OCH3 is 1. The number of halogens is 1. The number of rotatable bonds is 40. The Bertz CT molecular complexity index is 3640. The van der Waals surface area contributed by atoms with Crippen LogP contribution in [0.25, 0.3) is 10.8 Å². The van der Waals surface area contributed by atoms with Gasteiger partial charge in [0.1, 0.15) is 57.7 Å². The lowest BCUT2D eigenvalue weighted by atomic mass is 9.77. The first-order chi connectivity index (χ1) is 54.3. The van der Waals surface area contributed by atoms with Gasteiger partial charge in [0, 0.05) is 107 Å². The molecule has 1 aliphatic carbocycles. The van der Waals surface area contributed by atoms with Gasteiger partial charge in [0.05, 0.1) is 33.3 Å². The number of unbranched alkanes of at least 4 members (excludes halogenated alkanes) is 3. The van der Waals surface area contributed by atoms with Gasteiger partial charge in [-0.2, -0.15) is 0 Å². The minimum Gasteiger partial charge on any atom is -0.467 e. The Kier molecular flexibility index (Phi) is 41.3. The number of Topliss-reactive ketones (excluding diaryl/α,β-unsaturated/α-hetero) is 2. The lowest BCUT2D eigenvalue weighted by molar-refractivity contribution is -0.159. The van der Waals surface area contributed by atoms with E-state index >= 15 is 0 Å². The summed E-state index contributed by atoms with van der Waals surface area (Å²) in [5.74, 6) is -5.32. The quantitative estimate of drug-likeness (QED) is 0.0153. The van der Waals surface area contributed by atoms with Gasteiger partial charge in [-0.3, -0.25) is 62.8 Å². The topological polar surface area (TPSA) is 333 Å². The van der Waals surface area contributed by atoms with E-state index in [0.717, 1.165) is 32.7 Å². The summed E-state index contributed by atoms with van der Waals surface area (Å²) < 4.78 is 34.4. The van der Waals surface area contributed by atoms with Crippen LogP contribution >= 0.6 is 22.6 Å². The molecular weight excluding hydrogens is 1600 g/mol. The first kappa shape index (κ1) is 98.9. The highest BCUT2D eigenvalue weighted by molar-refractivity contribution is 14.1. The molecule has 648 valence electrons. The molecule has 0 aromatic heterocycles. The van der Waals surface area contributed by atoms with E-state index in [9.17, 15) is 57.5 Å². The number of nitrogens with zero attached hydrogens (tertiary/aromatic N) is 4. The third-order valence-corrected chi connectivity index (χ3v) is 20.3. The number of urea groups is 1. The summed E-state index contributed by atoms with van der Waals surface area (Å²) in [6.07, 6.45) is 7.70. The molecule has 1 heterocycles. The SMILES string of the molecule is COC(=O)C(CCCCNC(=O)C(CC(=O)C1CCC(CNC(=O)C(CCCCCC(=O)CCCc2ccc(I)cc2)NC(=O)CN2CCN(CC(=O)OC(C)(C)C)CCN(CC(=O)OC(C)(C)C)CCN(CC(=O)OC(C)(C)C)CC2)CC1)Cc1ccc2ccccc2c1)NC(=O)NC(CCC(=O)OC(C)(C)C)C(=O)OC(C)(C)C. The molecule has 27 nitrogen and oxygen atoms in total. The molecule has 4 atom stereocenters. The van der Waals surface area contributed by atoms with Crippen molar-refractivity contribution in [2.75, 3.05) is 98.7 Å². The Labute approximate surface area is 702 Å². The van der Waals surface area contributed by atoms with E-state index in [-0.39, 0.29) is 93.6 Å². The molecule has 3 aromatic carbocycles. The molecule has 4 unspecified atom stereocenters. The van der Waals surface area contributed by atoms with Crippen LogP contribution in [0.15, 0.2) is 66.7 Å². The molecule has 5 rings (SSSR count). The van der Waals surface area contributed by atoms with Gasteiger partial charge in [-0.05, 0) is 250 Å². The van der Waals surface area contributed by atoms with Crippen LogP contribution in [0.4, 0.5) is 4.79 Å². The van der Waals surface area contributed by atoms with Gasteiger partial charge in [0.25, 0.3) is 0 Å². The highest BCUT2D eigenvalue weighted by Crippen LogP contribution is 2.32. The summed E-state index contributed by atoms with van der Waals surface area (Å²) in [6.45, 7) is 29.3. The second-order valence-corrected chi connectivity index (χ2v) is 37.3. The Hall–Kier alpha value is -7.67. The van der Waals surface area contributed by atoms with Gasteiger partial charge in [-0.1, -0.05) is 67.4 Å². The summed E-state index contributed by atoms with van der Waals surface area (Å²) in [4.78, 5) is 172. The number of nitrogens with one attached hydrogen (secondary N) is 5. The standard InChI is InChI=1S/C88H136IN9O18/c1-84(2,3)112-75(102)43-42-72(82(109)116-88(13,14)15)94-83(110)93-71(81(108)111-16)31-22-23-44-90-79(106)67(54-63-34-37-64-26-20-21-27-66(64)53-63)55-73(100)65-38-32-62(33-39-65)56-91-80(107)70(30-19-17-18-28-69(99)29-24-25-61-35-40-68(89)41-36-61)92-74(101)57-95-45-47-96(58-76(103)113-85(4,5)6)49-51-98(60-78(105)115-87(10,11)12)52-50-97(48-46-95)59-77(104)114-86(7,8)9/h20-21,26-27,34-37,40-41,53,62,65,67,70-72H,17-19,22-25,28-33,38-39,42-52,54-60H2,1-16H3,(H,90,106)(H,91,107)(H,92,101)(H2,93,94,110). The zero-order chi connectivity index (χ0) is 86.0. The molecule has 28 heteroatoms. The van der Waals surface area contributed by atoms with Crippen LogP contribution in [0.1, 0.15) is 224 Å². The zero-order valence-corrected chi connectivity index (χ0v) is 74.3. The maximum absolute atomic E-state index is 14.6. The van der Waals surface area contributed by atoms with Gasteiger partial charge >= 0.3 is 41.8 Å². The van der Waals surface area contributed by atoms with E-state index < -0.39 is 99.8 Å². The summed E-state index contributed by atoms with van der Waals surface area (Å²) in [6, 6.07) is 18.0. The van der Waals surface area contributed by atoms with E-state index in [1.807, 2.05) is 62.1 Å². The number of esters is 6. The third-order valence-electron chi connectivity index (χ3n) is 19.6. The number of ether oxygens (including phenoxy) is 6. The molecule has 5 N–H and O–H groups in total. The van der Waals surface area contributed by atoms with E-state index in [4.69, 9.17) is 28.4 Å². The van der Waals surface area contributed by atoms with Gasteiger partial charge in [-0.25, -0.2) is 14.4 Å². The van der Waals surface area contributed by atoms with Gasteiger partial charge in [-0.15, -0.1) is 0 Å². The molecule has 116 heavy (non-hydrogen) atoms. The maximum Gasteiger partial charge on any atom is 0.329 e. The fourth-order valence-corrected chi connectivity index (χ4v) is 14.3. The summed E-state index contributed by atoms with van der Waals surface area (Å²) in [5, 5.41) is 16.4. The van der Waals surface area contributed by atoms with E-state index in [1.165, 1.54) is 12.7 Å². The summed E-state index contributed by atoms with van der Waals surface area (Å²) in [5.41, 5.74) is -1.82. The maximum atomic E-state index is 14.6. The molecule has 3 aromatic rings. The predicted octanol–water partition coefficient (Wildman–Crippen LogP) is 10.7. The number of aryl methyl sites for hydroxylation is 1. The van der Waals surface area contributed by atoms with Crippen molar-refractivity contribution in [2.45, 2.75) is 272 Å². The van der Waals surface area contributed by atoms with Crippen molar-refractivity contribution in [2.24, 2.45) is 17.8 Å². The number of amides is 5. The van der Waals surface area contributed by atoms with Crippen LogP contribution in [-0.4, -0.2) is 236 Å². The molecule has 5 amide bonds. The van der Waals surface area contributed by atoms with Gasteiger partial charge in [0.15, 0.2) is 0 Å². The normalized spacial score (nSPS) is 17.1. The Morgan fingerprint density at radius 1 is 0.448 bits per heavy atom. The van der Waals surface area contributed by atoms with Gasteiger partial charge in [0.2, 0.25) is 17.7 Å². The van der Waals surface area contributed by atoms with Crippen LogP contribution in [0.3, 0.4) is 0 Å². The number of carbonyl (C=O) groups excluding carboxylic acids is 12. The monoisotopic (exact) mass is 1730 g/mol. The van der Waals surface area contributed by atoms with Crippen molar-refractivity contribution in [3.8, 4) is 0 Å². The number of benzene rings is 3. The molecule has 0 spiro atoms. The van der Waals surface area contributed by atoms with Crippen molar-refractivity contribution < 1.29 is 86.0 Å². The number of hydrogen-bond acceptors (Lipinski definition) is 22. The molecule has 0 bridgehead atoms. The van der Waals surface area contributed by atoms with Crippen molar-refractivity contribution in [1.29, 1.82) is 0 Å². The average molecular weight is 1740 g/mol. The Balaban J connectivity index is 1.26. The van der Waals surface area contributed by atoms with Crippen molar-refractivity contribution in [3.63, 3.8) is 0 Å². The first-order valence-corrected chi connectivity index (χ1v) is 42.7. The lowest BCUT2D eigenvalue weighted by Gasteiger charge is -2.34. The Morgan fingerprint density at radius 2 is 0.914 bits per heavy atom. The summed E-state index contributed by atoms with van der Waals surface area (Å²) in [7, 11) is 1.19. The number of carbonyl (C=O) groups is 12. The minimum absolute atomic E-state index is 0.0121. The molecule has 1 aliphatic heterocycles. The minimum atomic E-state index is -1.26. The van der Waals surface area contributed by atoms with E-state index in [1.54, 1.807) is 104 Å². The van der Waals surface area contributed by atoms with Crippen LogP contribution in [0.5, 0.6) is 0 Å². The highest BCUT2D eigenvalue weighted by atomic mass is 127. The largest absolute Gasteiger partial charge is 0.467 e. The van der Waals surface area contributed by atoms with Crippen molar-refractivity contribution in [3.05, 3.63) is 81.4 Å². The molecule has 2 aliphatic rings. The summed E-state index contributed by atoms with van der Waals surface area (Å²) >= 11 is 2.27. The molecule has 1 saturated carbocycles. The third kappa shape index (κ3) is 42.1. The van der Waals surface area contributed by atoms with Crippen molar-refractivity contribution in [1.82, 2.24) is 46.2 Å². The zero-order valence-electron chi connectivity index (χ0n) is 72.2. The average Bonchev–Trinajstić information content (AvgIpc) is 0.830. The van der Waals surface area contributed by atoms with Crippen LogP contribution in [0, 0.1) is 21.3 Å². The highest BCUT2D eigenvalue weighted by Gasteiger charge is 2.35. The number of hydrogen-bond donors (Lipinski definition) is 5. The Morgan fingerprint density at radius 3 is 1.43 bits per heavy atom. The number of ketones is 2. The molecular formula is C88H136IN9O18. The van der Waals surface area contributed by atoms with Crippen LogP contribution in [0.2, 0.25) is 0 Å². The smallest absolute Gasteiger partial charge is 0.329 e. The van der Waals surface area contributed by atoms with E-state index in [0.29, 0.717) is 142 Å². The number of fused-ring (bicyclic) bond motifs is 1.